The summed E-state index contributed by atoms with van der Waals surface area (Å²) in [5.41, 5.74) is 0. The lowest BCUT2D eigenvalue weighted by Gasteiger charge is -2.34. The number of rotatable bonds is 3. The smallest absolute Gasteiger partial charge is 0.283 e. The first-order valence-electron chi connectivity index (χ1n) is 6.49. The second kappa shape index (κ2) is 7.88. The summed E-state index contributed by atoms with van der Waals surface area (Å²) in [5.74, 6) is -0.153. The Bertz CT molecular complexity index is 368. The van der Waals surface area contributed by atoms with E-state index in [2.05, 4.69) is 0 Å². The lowest BCUT2D eigenvalue weighted by Crippen LogP contribution is -2.30. The molecule has 0 radical (unpaired) electrons. The van der Waals surface area contributed by atoms with E-state index >= 15 is 0 Å². The molecule has 0 N–H and O–H groups in total. The van der Waals surface area contributed by atoms with Crippen molar-refractivity contribution in [3.8, 4) is 0 Å². The van der Waals surface area contributed by atoms with E-state index in [0.717, 1.165) is 6.42 Å². The summed E-state index contributed by atoms with van der Waals surface area (Å²) in [6, 6.07) is 0. The van der Waals surface area contributed by atoms with Gasteiger partial charge in [-0.1, -0.05) is 0 Å². The Morgan fingerprint density at radius 1 is 1.05 bits per heavy atom. The van der Waals surface area contributed by atoms with E-state index < -0.39 is 7.59 Å². The molecule has 1 fully saturated rings. The van der Waals surface area contributed by atoms with Gasteiger partial charge in [0.15, 0.2) is 0 Å². The lowest BCUT2D eigenvalue weighted by atomic mass is 10.4. The van der Waals surface area contributed by atoms with Gasteiger partial charge in [0.05, 0.1) is 0 Å². The van der Waals surface area contributed by atoms with Crippen LogP contribution in [0.15, 0.2) is 0 Å². The Labute approximate surface area is 122 Å². The molecule has 7 nitrogen and oxygen atoms in total. The molecule has 1 aliphatic rings. The van der Waals surface area contributed by atoms with E-state index in [1.54, 1.807) is 14.0 Å². The first-order valence-corrected chi connectivity index (χ1v) is 8.06. The molecule has 0 aromatic rings. The summed E-state index contributed by atoms with van der Waals surface area (Å²) in [4.78, 5) is 22.6. The topological polar surface area (TPSA) is 64.2 Å². The molecule has 0 aliphatic carbocycles. The number of hydrogen-bond donors (Lipinski definition) is 0. The van der Waals surface area contributed by atoms with E-state index in [1.807, 2.05) is 42.3 Å². The molecule has 1 heterocycles. The van der Waals surface area contributed by atoms with Gasteiger partial charge in [-0.15, -0.1) is 0 Å². The van der Waals surface area contributed by atoms with E-state index in [1.165, 1.54) is 11.8 Å². The maximum Gasteiger partial charge on any atom is 0.285 e. The van der Waals surface area contributed by atoms with Crippen molar-refractivity contribution in [2.45, 2.75) is 19.8 Å². The van der Waals surface area contributed by atoms with Crippen LogP contribution in [0.4, 0.5) is 0 Å². The fraction of sp³-hybridized carbons (Fsp3) is 0.833. The number of imide groups is 1. The van der Waals surface area contributed by atoms with Crippen LogP contribution in [0.1, 0.15) is 19.8 Å². The van der Waals surface area contributed by atoms with Gasteiger partial charge in [0, 0.05) is 19.9 Å². The van der Waals surface area contributed by atoms with E-state index in [9.17, 15) is 14.2 Å². The molecule has 0 unspecified atom stereocenters. The molecule has 1 aliphatic heterocycles. The molecule has 8 heteroatoms. The van der Waals surface area contributed by atoms with Crippen LogP contribution >= 0.6 is 7.59 Å². The van der Waals surface area contributed by atoms with Crippen molar-refractivity contribution >= 4 is 19.4 Å². The van der Waals surface area contributed by atoms with Crippen LogP contribution in [0.5, 0.6) is 0 Å². The highest BCUT2D eigenvalue weighted by Crippen LogP contribution is 2.50. The van der Waals surface area contributed by atoms with Gasteiger partial charge in [0.2, 0.25) is 11.8 Å². The van der Waals surface area contributed by atoms with Crippen molar-refractivity contribution in [3.63, 3.8) is 0 Å². The molecular formula is C12H27N4O3P. The Kier molecular flexibility index (Phi) is 7.59. The standard InChI is InChI=1S/C6H18N3OP.C6H9NO2/c1-7(2)11(10,8(3)4)9(5)6;1-5(8)7-4-2-3-6(7)9/h1-6H3;2-4H2,1H3. The minimum atomic E-state index is -2.44. The van der Waals surface area contributed by atoms with Crippen LogP contribution in [0.3, 0.4) is 0 Å². The Hall–Kier alpha value is -0.750. The van der Waals surface area contributed by atoms with E-state index in [-0.39, 0.29) is 11.8 Å². The van der Waals surface area contributed by atoms with Crippen molar-refractivity contribution in [1.29, 1.82) is 0 Å². The number of hydrogen-bond acceptors (Lipinski definition) is 3. The first kappa shape index (κ1) is 19.2. The van der Waals surface area contributed by atoms with Crippen LogP contribution in [0, 0.1) is 0 Å². The zero-order valence-corrected chi connectivity index (χ0v) is 14.5. The van der Waals surface area contributed by atoms with Crippen LogP contribution in [-0.2, 0) is 14.2 Å². The Morgan fingerprint density at radius 3 is 1.55 bits per heavy atom. The second-order valence-corrected chi connectivity index (χ2v) is 8.65. The minimum Gasteiger partial charge on any atom is -0.283 e. The van der Waals surface area contributed by atoms with Gasteiger partial charge in [-0.05, 0) is 48.7 Å². The quantitative estimate of drug-likeness (QED) is 0.723. The predicted octanol–water partition coefficient (Wildman–Crippen LogP) is 0.935. The molecule has 0 bridgehead atoms. The molecule has 0 aromatic heterocycles. The highest BCUT2D eigenvalue weighted by molar-refractivity contribution is 7.56. The fourth-order valence-electron chi connectivity index (χ4n) is 2.05. The third-order valence-corrected chi connectivity index (χ3v) is 6.14. The maximum absolute atomic E-state index is 12.1. The van der Waals surface area contributed by atoms with Gasteiger partial charge in [-0.2, -0.15) is 0 Å². The largest absolute Gasteiger partial charge is 0.285 e. The monoisotopic (exact) mass is 306 g/mol. The van der Waals surface area contributed by atoms with E-state index in [4.69, 9.17) is 0 Å². The number of carbonyl (C=O) groups excluding carboxylic acids is 2. The fourth-order valence-corrected chi connectivity index (χ4v) is 4.20. The van der Waals surface area contributed by atoms with Gasteiger partial charge in [0.25, 0.3) is 7.59 Å². The molecule has 0 aromatic carbocycles. The Balaban J connectivity index is 0.000000367. The third kappa shape index (κ3) is 4.66. The summed E-state index contributed by atoms with van der Waals surface area (Å²) in [5, 5.41) is 0. The summed E-state index contributed by atoms with van der Waals surface area (Å²) < 4.78 is 17.3. The molecule has 20 heavy (non-hydrogen) atoms. The van der Waals surface area contributed by atoms with Crippen molar-refractivity contribution in [3.05, 3.63) is 0 Å². The first-order chi connectivity index (χ1) is 9.05. The number of carbonyl (C=O) groups is 2. The van der Waals surface area contributed by atoms with Crippen molar-refractivity contribution in [1.82, 2.24) is 18.9 Å². The highest BCUT2D eigenvalue weighted by Gasteiger charge is 2.30. The normalized spacial score (nSPS) is 15.9. The molecular weight excluding hydrogens is 279 g/mol. The number of amides is 2. The summed E-state index contributed by atoms with van der Waals surface area (Å²) in [7, 11) is 8.49. The van der Waals surface area contributed by atoms with Crippen molar-refractivity contribution in [2.24, 2.45) is 0 Å². The molecule has 0 atom stereocenters. The SMILES string of the molecule is CC(=O)N1CCCC1=O.CN(C)P(=O)(N(C)C)N(C)C. The molecule has 0 saturated carbocycles. The summed E-state index contributed by atoms with van der Waals surface area (Å²) in [6.07, 6.45) is 1.37. The average molecular weight is 306 g/mol. The zero-order chi connectivity index (χ0) is 16.1. The minimum absolute atomic E-state index is 0.0255. The van der Waals surface area contributed by atoms with Gasteiger partial charge in [-0.3, -0.25) is 19.1 Å². The zero-order valence-electron chi connectivity index (χ0n) is 13.6. The van der Waals surface area contributed by atoms with Gasteiger partial charge in [0.1, 0.15) is 0 Å². The number of nitrogens with zero attached hydrogens (tertiary/aromatic N) is 4. The molecule has 0 spiro atoms. The summed E-state index contributed by atoms with van der Waals surface area (Å²) in [6.45, 7) is 2.04. The van der Waals surface area contributed by atoms with Crippen LogP contribution in [-0.4, -0.2) is 79.6 Å². The predicted molar refractivity (Wildman–Crippen MR) is 80.3 cm³/mol. The summed E-state index contributed by atoms with van der Waals surface area (Å²) >= 11 is 0. The average Bonchev–Trinajstić information content (AvgIpc) is 2.74. The van der Waals surface area contributed by atoms with Crippen molar-refractivity contribution in [2.75, 3.05) is 48.8 Å². The third-order valence-electron chi connectivity index (χ3n) is 3.02. The van der Waals surface area contributed by atoms with Gasteiger partial charge < -0.3 is 0 Å². The number of likely N-dealkylation sites (tertiary alicyclic amines) is 1. The van der Waals surface area contributed by atoms with E-state index in [0.29, 0.717) is 13.0 Å². The molecule has 1 rings (SSSR count). The lowest BCUT2D eigenvalue weighted by molar-refractivity contribution is -0.140. The van der Waals surface area contributed by atoms with Gasteiger partial charge in [-0.25, -0.2) is 14.0 Å². The molecule has 1 saturated heterocycles. The molecule has 2 amide bonds. The second-order valence-electron chi connectivity index (χ2n) is 5.22. The van der Waals surface area contributed by atoms with Crippen LogP contribution in [0.2, 0.25) is 0 Å². The Morgan fingerprint density at radius 2 is 1.45 bits per heavy atom. The molecule has 118 valence electrons. The van der Waals surface area contributed by atoms with Crippen LogP contribution in [0.25, 0.3) is 0 Å². The van der Waals surface area contributed by atoms with Crippen LogP contribution < -0.4 is 0 Å². The van der Waals surface area contributed by atoms with Gasteiger partial charge >= 0.3 is 0 Å². The maximum atomic E-state index is 12.1. The van der Waals surface area contributed by atoms with Crippen molar-refractivity contribution < 1.29 is 14.2 Å². The highest BCUT2D eigenvalue weighted by atomic mass is 31.2.